The zero-order valence-electron chi connectivity index (χ0n) is 12.3. The molecule has 0 amide bonds. The first-order valence-corrected chi connectivity index (χ1v) is 6.64. The summed E-state index contributed by atoms with van der Waals surface area (Å²) in [6.07, 6.45) is 0.886. The molecule has 3 heteroatoms. The van der Waals surface area contributed by atoms with Crippen LogP contribution in [0.4, 0.5) is 4.39 Å². The predicted molar refractivity (Wildman–Crippen MR) is 77.9 cm³/mol. The molecule has 0 fully saturated rings. The lowest BCUT2D eigenvalue weighted by Gasteiger charge is -2.21. The molecule has 0 aliphatic carbocycles. The van der Waals surface area contributed by atoms with E-state index in [1.54, 1.807) is 6.07 Å². The van der Waals surface area contributed by atoms with Crippen LogP contribution in [0.15, 0.2) is 30.4 Å². The summed E-state index contributed by atoms with van der Waals surface area (Å²) in [5.41, 5.74) is 1.84. The van der Waals surface area contributed by atoms with E-state index < -0.39 is 0 Å². The average molecular weight is 265 g/mol. The molecule has 0 spiro atoms. The van der Waals surface area contributed by atoms with Gasteiger partial charge >= 0.3 is 0 Å². The third kappa shape index (κ3) is 5.88. The molecule has 1 rings (SSSR count). The van der Waals surface area contributed by atoms with E-state index in [4.69, 9.17) is 4.74 Å². The quantitative estimate of drug-likeness (QED) is 0.783. The van der Waals surface area contributed by atoms with Gasteiger partial charge < -0.3 is 10.1 Å². The molecule has 0 saturated carbocycles. The molecule has 1 aromatic carbocycles. The van der Waals surface area contributed by atoms with Crippen LogP contribution in [0.1, 0.15) is 39.7 Å². The lowest BCUT2D eigenvalue weighted by Crippen LogP contribution is -2.35. The van der Waals surface area contributed by atoms with Crippen molar-refractivity contribution in [1.82, 2.24) is 5.32 Å². The monoisotopic (exact) mass is 265 g/mol. The van der Waals surface area contributed by atoms with Crippen LogP contribution in [0.2, 0.25) is 0 Å². The zero-order chi connectivity index (χ0) is 14.5. The van der Waals surface area contributed by atoms with Gasteiger partial charge in [0, 0.05) is 17.6 Å². The van der Waals surface area contributed by atoms with Crippen LogP contribution in [-0.2, 0) is 6.54 Å². The van der Waals surface area contributed by atoms with Gasteiger partial charge in [-0.15, -0.1) is 0 Å². The van der Waals surface area contributed by atoms with Crippen molar-refractivity contribution >= 4 is 0 Å². The summed E-state index contributed by atoms with van der Waals surface area (Å²) in [4.78, 5) is 0. The van der Waals surface area contributed by atoms with Crippen molar-refractivity contribution in [3.05, 3.63) is 41.7 Å². The fourth-order valence-electron chi connectivity index (χ4n) is 1.47. The molecule has 1 aromatic rings. The highest BCUT2D eigenvalue weighted by atomic mass is 19.1. The molecule has 0 saturated heterocycles. The standard InChI is InChI=1S/C16H24FNO/c1-6-12(2)11-19-15-8-7-14(17)9-13(15)10-18-16(3,4)5/h7-9,18H,2,6,10-11H2,1,3-5H3. The Morgan fingerprint density at radius 3 is 2.63 bits per heavy atom. The maximum Gasteiger partial charge on any atom is 0.124 e. The van der Waals surface area contributed by atoms with E-state index in [1.807, 2.05) is 6.92 Å². The van der Waals surface area contributed by atoms with Crippen LogP contribution < -0.4 is 10.1 Å². The first-order valence-electron chi connectivity index (χ1n) is 6.64. The molecule has 0 aliphatic heterocycles. The summed E-state index contributed by atoms with van der Waals surface area (Å²) in [7, 11) is 0. The van der Waals surface area contributed by atoms with Gasteiger partial charge in [0.25, 0.3) is 0 Å². The van der Waals surface area contributed by atoms with E-state index in [9.17, 15) is 4.39 Å². The van der Waals surface area contributed by atoms with E-state index in [0.717, 1.165) is 17.6 Å². The summed E-state index contributed by atoms with van der Waals surface area (Å²) in [6, 6.07) is 4.62. The summed E-state index contributed by atoms with van der Waals surface area (Å²) >= 11 is 0. The number of benzene rings is 1. The Kier molecular flexibility index (Phi) is 5.55. The van der Waals surface area contributed by atoms with Crippen LogP contribution in [0, 0.1) is 5.82 Å². The molecule has 0 unspecified atom stereocenters. The fourth-order valence-corrected chi connectivity index (χ4v) is 1.47. The SMILES string of the molecule is C=C(CC)COc1ccc(F)cc1CNC(C)(C)C. The maximum atomic E-state index is 13.3. The van der Waals surface area contributed by atoms with Crippen molar-refractivity contribution < 1.29 is 9.13 Å². The van der Waals surface area contributed by atoms with Gasteiger partial charge in [-0.1, -0.05) is 13.5 Å². The Balaban J connectivity index is 2.76. The highest BCUT2D eigenvalue weighted by molar-refractivity contribution is 5.34. The van der Waals surface area contributed by atoms with E-state index >= 15 is 0 Å². The molecule has 0 radical (unpaired) electrons. The van der Waals surface area contributed by atoms with E-state index in [2.05, 4.69) is 32.7 Å². The number of hydrogen-bond donors (Lipinski definition) is 1. The van der Waals surface area contributed by atoms with Crippen LogP contribution in [-0.4, -0.2) is 12.1 Å². The van der Waals surface area contributed by atoms with Crippen molar-refractivity contribution in [2.75, 3.05) is 6.61 Å². The van der Waals surface area contributed by atoms with Gasteiger partial charge in [0.1, 0.15) is 18.2 Å². The molecule has 0 aromatic heterocycles. The highest BCUT2D eigenvalue weighted by Gasteiger charge is 2.12. The van der Waals surface area contributed by atoms with Crippen LogP contribution in [0.3, 0.4) is 0 Å². The van der Waals surface area contributed by atoms with E-state index in [1.165, 1.54) is 12.1 Å². The molecule has 19 heavy (non-hydrogen) atoms. The minimum atomic E-state index is -0.243. The Labute approximate surface area is 115 Å². The second-order valence-electron chi connectivity index (χ2n) is 5.75. The second-order valence-corrected chi connectivity index (χ2v) is 5.75. The molecular weight excluding hydrogens is 241 g/mol. The van der Waals surface area contributed by atoms with Crippen LogP contribution >= 0.6 is 0 Å². The lowest BCUT2D eigenvalue weighted by molar-refractivity contribution is 0.339. The summed E-state index contributed by atoms with van der Waals surface area (Å²) in [5.74, 6) is 0.472. The van der Waals surface area contributed by atoms with E-state index in [-0.39, 0.29) is 11.4 Å². The number of rotatable bonds is 6. The second kappa shape index (κ2) is 6.71. The fraction of sp³-hybridized carbons (Fsp3) is 0.500. The summed E-state index contributed by atoms with van der Waals surface area (Å²) in [5, 5.41) is 3.34. The summed E-state index contributed by atoms with van der Waals surface area (Å²) in [6.45, 7) is 13.2. The Hall–Kier alpha value is -1.35. The van der Waals surface area contributed by atoms with Gasteiger partial charge in [-0.25, -0.2) is 4.39 Å². The highest BCUT2D eigenvalue weighted by Crippen LogP contribution is 2.21. The molecule has 106 valence electrons. The zero-order valence-corrected chi connectivity index (χ0v) is 12.3. The first-order chi connectivity index (χ1) is 8.81. The topological polar surface area (TPSA) is 21.3 Å². The van der Waals surface area contributed by atoms with Gasteiger partial charge in [0.2, 0.25) is 0 Å². The molecule has 0 aliphatic rings. The molecular formula is C16H24FNO. The molecule has 2 nitrogen and oxygen atoms in total. The third-order valence-corrected chi connectivity index (χ3v) is 2.76. The maximum absolute atomic E-state index is 13.3. The van der Waals surface area contributed by atoms with E-state index in [0.29, 0.717) is 18.9 Å². The van der Waals surface area contributed by atoms with Crippen molar-refractivity contribution in [1.29, 1.82) is 0 Å². The molecule has 0 heterocycles. The van der Waals surface area contributed by atoms with Crippen molar-refractivity contribution in [2.45, 2.75) is 46.2 Å². The molecule has 0 bridgehead atoms. The smallest absolute Gasteiger partial charge is 0.124 e. The van der Waals surface area contributed by atoms with Gasteiger partial charge in [0.05, 0.1) is 0 Å². The Morgan fingerprint density at radius 1 is 1.37 bits per heavy atom. The van der Waals surface area contributed by atoms with Gasteiger partial charge in [0.15, 0.2) is 0 Å². The van der Waals surface area contributed by atoms with Gasteiger partial charge in [-0.3, -0.25) is 0 Å². The molecule has 1 N–H and O–H groups in total. The summed E-state index contributed by atoms with van der Waals surface area (Å²) < 4.78 is 19.0. The normalized spacial score (nSPS) is 11.4. The Bertz CT molecular complexity index is 435. The average Bonchev–Trinajstić information content (AvgIpc) is 2.33. The van der Waals surface area contributed by atoms with Crippen molar-refractivity contribution in [3.8, 4) is 5.75 Å². The van der Waals surface area contributed by atoms with Gasteiger partial charge in [-0.2, -0.15) is 0 Å². The third-order valence-electron chi connectivity index (χ3n) is 2.76. The number of ether oxygens (including phenoxy) is 1. The first kappa shape index (κ1) is 15.7. The van der Waals surface area contributed by atoms with Crippen molar-refractivity contribution in [2.24, 2.45) is 0 Å². The van der Waals surface area contributed by atoms with Crippen molar-refractivity contribution in [3.63, 3.8) is 0 Å². The predicted octanol–water partition coefficient (Wildman–Crippen LogP) is 4.06. The minimum Gasteiger partial charge on any atom is -0.489 e. The number of nitrogens with one attached hydrogen (secondary N) is 1. The lowest BCUT2D eigenvalue weighted by atomic mass is 10.1. The minimum absolute atomic E-state index is 0.0173. The van der Waals surface area contributed by atoms with Gasteiger partial charge in [-0.05, 0) is 51.0 Å². The van der Waals surface area contributed by atoms with Crippen LogP contribution in [0.25, 0.3) is 0 Å². The van der Waals surface area contributed by atoms with Crippen LogP contribution in [0.5, 0.6) is 5.75 Å². The largest absolute Gasteiger partial charge is 0.489 e. The Morgan fingerprint density at radius 2 is 2.05 bits per heavy atom. The number of halogens is 1. The number of hydrogen-bond acceptors (Lipinski definition) is 2. The molecule has 0 atom stereocenters.